The molecule has 1 saturated heterocycles. The molecule has 0 bridgehead atoms. The standard InChI is InChI=1S/C12H21NO4/c1-2-3-6-13-7-4-9(5-8-13)10(11(14)15)12(16)17/h9-10H,2-8H2,1H3,(H,14,15)(H,16,17). The van der Waals surface area contributed by atoms with Gasteiger partial charge >= 0.3 is 11.9 Å². The van der Waals surface area contributed by atoms with E-state index in [0.717, 1.165) is 32.5 Å². The van der Waals surface area contributed by atoms with Crippen molar-refractivity contribution in [1.29, 1.82) is 0 Å². The van der Waals surface area contributed by atoms with E-state index in [4.69, 9.17) is 10.2 Å². The Bertz CT molecular complexity index is 258. The van der Waals surface area contributed by atoms with E-state index in [1.54, 1.807) is 0 Å². The van der Waals surface area contributed by atoms with Crippen molar-refractivity contribution in [3.63, 3.8) is 0 Å². The summed E-state index contributed by atoms with van der Waals surface area (Å²) in [4.78, 5) is 24.1. The van der Waals surface area contributed by atoms with E-state index < -0.39 is 17.9 Å². The van der Waals surface area contributed by atoms with Crippen molar-refractivity contribution in [3.8, 4) is 0 Å². The highest BCUT2D eigenvalue weighted by Gasteiger charge is 2.36. The summed E-state index contributed by atoms with van der Waals surface area (Å²) in [7, 11) is 0. The summed E-state index contributed by atoms with van der Waals surface area (Å²) < 4.78 is 0. The average Bonchev–Trinajstić information content (AvgIpc) is 2.27. The Labute approximate surface area is 101 Å². The second-order valence-corrected chi connectivity index (χ2v) is 4.69. The van der Waals surface area contributed by atoms with Crippen molar-refractivity contribution >= 4 is 11.9 Å². The maximum atomic E-state index is 10.9. The van der Waals surface area contributed by atoms with Crippen molar-refractivity contribution in [3.05, 3.63) is 0 Å². The summed E-state index contributed by atoms with van der Waals surface area (Å²) in [6.45, 7) is 4.81. The molecule has 0 aromatic carbocycles. The monoisotopic (exact) mass is 243 g/mol. The summed E-state index contributed by atoms with van der Waals surface area (Å²) in [5, 5.41) is 17.8. The number of carbonyl (C=O) groups is 2. The number of carboxylic acid groups (broad SMARTS) is 2. The van der Waals surface area contributed by atoms with Gasteiger partial charge in [0, 0.05) is 0 Å². The van der Waals surface area contributed by atoms with E-state index in [1.807, 2.05) is 0 Å². The van der Waals surface area contributed by atoms with Crippen LogP contribution in [-0.2, 0) is 9.59 Å². The third-order valence-electron chi connectivity index (χ3n) is 3.46. The number of piperidine rings is 1. The number of nitrogens with zero attached hydrogens (tertiary/aromatic N) is 1. The average molecular weight is 243 g/mol. The Morgan fingerprint density at radius 3 is 2.18 bits per heavy atom. The van der Waals surface area contributed by atoms with E-state index in [-0.39, 0.29) is 5.92 Å². The number of hydrogen-bond acceptors (Lipinski definition) is 3. The zero-order valence-corrected chi connectivity index (χ0v) is 10.3. The third kappa shape index (κ3) is 4.00. The first-order valence-corrected chi connectivity index (χ1v) is 6.24. The Morgan fingerprint density at radius 2 is 1.76 bits per heavy atom. The van der Waals surface area contributed by atoms with E-state index in [2.05, 4.69) is 11.8 Å². The highest BCUT2D eigenvalue weighted by molar-refractivity contribution is 5.93. The normalized spacial score (nSPS) is 18.5. The molecule has 1 fully saturated rings. The highest BCUT2D eigenvalue weighted by atomic mass is 16.4. The molecule has 5 heteroatoms. The van der Waals surface area contributed by atoms with Gasteiger partial charge < -0.3 is 15.1 Å². The van der Waals surface area contributed by atoms with Crippen LogP contribution in [0.5, 0.6) is 0 Å². The SMILES string of the molecule is CCCCN1CCC(C(C(=O)O)C(=O)O)CC1. The lowest BCUT2D eigenvalue weighted by atomic mass is 9.84. The van der Waals surface area contributed by atoms with Crippen molar-refractivity contribution in [1.82, 2.24) is 4.90 Å². The zero-order chi connectivity index (χ0) is 12.8. The molecule has 0 spiro atoms. The van der Waals surface area contributed by atoms with Crippen LogP contribution in [-0.4, -0.2) is 46.7 Å². The minimum Gasteiger partial charge on any atom is -0.481 e. The molecule has 5 nitrogen and oxygen atoms in total. The second-order valence-electron chi connectivity index (χ2n) is 4.69. The molecule has 0 amide bonds. The van der Waals surface area contributed by atoms with Crippen LogP contribution < -0.4 is 0 Å². The minimum atomic E-state index is -1.23. The number of rotatable bonds is 6. The first kappa shape index (κ1) is 14.0. The van der Waals surface area contributed by atoms with Gasteiger partial charge in [0.05, 0.1) is 0 Å². The molecule has 0 aromatic rings. The van der Waals surface area contributed by atoms with Crippen molar-refractivity contribution in [2.75, 3.05) is 19.6 Å². The molecular formula is C12H21NO4. The van der Waals surface area contributed by atoms with Crippen molar-refractivity contribution in [2.24, 2.45) is 11.8 Å². The van der Waals surface area contributed by atoms with Gasteiger partial charge in [-0.25, -0.2) is 0 Å². The summed E-state index contributed by atoms with van der Waals surface area (Å²) in [6, 6.07) is 0. The van der Waals surface area contributed by atoms with Gasteiger partial charge in [0.2, 0.25) is 0 Å². The quantitative estimate of drug-likeness (QED) is 0.687. The zero-order valence-electron chi connectivity index (χ0n) is 10.3. The number of carboxylic acids is 2. The maximum absolute atomic E-state index is 10.9. The lowest BCUT2D eigenvalue weighted by Crippen LogP contribution is -2.41. The van der Waals surface area contributed by atoms with Gasteiger partial charge in [-0.1, -0.05) is 13.3 Å². The van der Waals surface area contributed by atoms with Gasteiger partial charge in [-0.05, 0) is 44.8 Å². The van der Waals surface area contributed by atoms with E-state index in [1.165, 1.54) is 0 Å². The lowest BCUT2D eigenvalue weighted by molar-refractivity contribution is -0.158. The molecule has 1 heterocycles. The number of hydrogen-bond donors (Lipinski definition) is 2. The number of unbranched alkanes of at least 4 members (excludes halogenated alkanes) is 1. The highest BCUT2D eigenvalue weighted by Crippen LogP contribution is 2.25. The first-order chi connectivity index (χ1) is 8.06. The molecule has 0 aliphatic carbocycles. The summed E-state index contributed by atoms with van der Waals surface area (Å²) in [5.74, 6) is -3.86. The van der Waals surface area contributed by atoms with E-state index in [0.29, 0.717) is 12.8 Å². The summed E-state index contributed by atoms with van der Waals surface area (Å²) in [6.07, 6.45) is 3.64. The molecule has 0 saturated carbocycles. The Hall–Kier alpha value is -1.10. The molecule has 98 valence electrons. The first-order valence-electron chi connectivity index (χ1n) is 6.24. The van der Waals surface area contributed by atoms with Gasteiger partial charge in [-0.3, -0.25) is 9.59 Å². The van der Waals surface area contributed by atoms with Crippen LogP contribution in [0.25, 0.3) is 0 Å². The summed E-state index contributed by atoms with van der Waals surface area (Å²) >= 11 is 0. The van der Waals surface area contributed by atoms with Gasteiger partial charge in [0.25, 0.3) is 0 Å². The van der Waals surface area contributed by atoms with Crippen LogP contribution in [0.15, 0.2) is 0 Å². The van der Waals surface area contributed by atoms with Crippen LogP contribution >= 0.6 is 0 Å². The minimum absolute atomic E-state index is 0.220. The van der Waals surface area contributed by atoms with Gasteiger partial charge in [0.1, 0.15) is 0 Å². The molecule has 0 unspecified atom stereocenters. The number of aliphatic carboxylic acids is 2. The van der Waals surface area contributed by atoms with Crippen LogP contribution in [0.3, 0.4) is 0 Å². The fourth-order valence-corrected chi connectivity index (χ4v) is 2.40. The largest absolute Gasteiger partial charge is 0.481 e. The van der Waals surface area contributed by atoms with Crippen LogP contribution in [0.1, 0.15) is 32.6 Å². The molecule has 2 N–H and O–H groups in total. The fourth-order valence-electron chi connectivity index (χ4n) is 2.40. The Balaban J connectivity index is 2.44. The predicted molar refractivity (Wildman–Crippen MR) is 62.8 cm³/mol. The molecule has 1 aliphatic heterocycles. The molecule has 1 aliphatic rings. The van der Waals surface area contributed by atoms with E-state index in [9.17, 15) is 9.59 Å². The molecule has 0 radical (unpaired) electrons. The van der Waals surface area contributed by atoms with Crippen LogP contribution in [0, 0.1) is 11.8 Å². The fraction of sp³-hybridized carbons (Fsp3) is 0.833. The number of likely N-dealkylation sites (tertiary alicyclic amines) is 1. The second kappa shape index (κ2) is 6.59. The van der Waals surface area contributed by atoms with Crippen LogP contribution in [0.4, 0.5) is 0 Å². The van der Waals surface area contributed by atoms with Gasteiger partial charge in [-0.2, -0.15) is 0 Å². The molecule has 1 rings (SSSR count). The topological polar surface area (TPSA) is 77.8 Å². The predicted octanol–water partition coefficient (Wildman–Crippen LogP) is 1.28. The van der Waals surface area contributed by atoms with Gasteiger partial charge in [0.15, 0.2) is 5.92 Å². The van der Waals surface area contributed by atoms with Crippen LogP contribution in [0.2, 0.25) is 0 Å². The molecular weight excluding hydrogens is 222 g/mol. The van der Waals surface area contributed by atoms with Gasteiger partial charge in [-0.15, -0.1) is 0 Å². The molecule has 17 heavy (non-hydrogen) atoms. The maximum Gasteiger partial charge on any atom is 0.318 e. The third-order valence-corrected chi connectivity index (χ3v) is 3.46. The smallest absolute Gasteiger partial charge is 0.318 e. The van der Waals surface area contributed by atoms with E-state index >= 15 is 0 Å². The summed E-state index contributed by atoms with van der Waals surface area (Å²) in [5.41, 5.74) is 0. The molecule has 0 aromatic heterocycles. The van der Waals surface area contributed by atoms with Crippen molar-refractivity contribution < 1.29 is 19.8 Å². The molecule has 0 atom stereocenters. The Morgan fingerprint density at radius 1 is 1.24 bits per heavy atom. The Kier molecular flexibility index (Phi) is 5.41. The van der Waals surface area contributed by atoms with Crippen molar-refractivity contribution in [2.45, 2.75) is 32.6 Å². The lowest BCUT2D eigenvalue weighted by Gasteiger charge is -2.33.